The maximum Gasteiger partial charge on any atom is 0.341 e. The van der Waals surface area contributed by atoms with E-state index in [1.165, 1.54) is 19.0 Å². The van der Waals surface area contributed by atoms with Crippen LogP contribution in [0.1, 0.15) is 60.6 Å². The van der Waals surface area contributed by atoms with Crippen molar-refractivity contribution in [1.29, 1.82) is 0 Å². The number of aromatic nitrogens is 1. The minimum absolute atomic E-state index is 0.110. The lowest BCUT2D eigenvalue weighted by Gasteiger charge is -2.34. The van der Waals surface area contributed by atoms with Gasteiger partial charge < -0.3 is 19.1 Å². The molecule has 1 N–H and O–H groups in total. The summed E-state index contributed by atoms with van der Waals surface area (Å²) >= 11 is 0. The number of hydrogen-bond acceptors (Lipinski definition) is 4. The molecule has 1 unspecified atom stereocenters. The van der Waals surface area contributed by atoms with E-state index in [4.69, 9.17) is 9.47 Å². The second-order valence-electron chi connectivity index (χ2n) is 9.16. The van der Waals surface area contributed by atoms with Crippen LogP contribution < -0.4 is 14.9 Å². The molecule has 5 rings (SSSR count). The zero-order chi connectivity index (χ0) is 21.9. The van der Waals surface area contributed by atoms with Crippen LogP contribution in [0.3, 0.4) is 0 Å². The van der Waals surface area contributed by atoms with Gasteiger partial charge in [0.2, 0.25) is 5.43 Å². The number of benzene rings is 1. The fourth-order valence-corrected chi connectivity index (χ4v) is 4.84. The van der Waals surface area contributed by atoms with Gasteiger partial charge in [0.05, 0.1) is 18.9 Å². The van der Waals surface area contributed by atoms with E-state index >= 15 is 4.39 Å². The van der Waals surface area contributed by atoms with Gasteiger partial charge in [-0.25, -0.2) is 9.18 Å². The molecule has 0 radical (unpaired) electrons. The third-order valence-electron chi connectivity index (χ3n) is 6.71. The van der Waals surface area contributed by atoms with Crippen LogP contribution in [0.2, 0.25) is 0 Å². The van der Waals surface area contributed by atoms with Crippen molar-refractivity contribution >= 4 is 5.97 Å². The molecule has 1 atom stereocenters. The van der Waals surface area contributed by atoms with Gasteiger partial charge in [0.25, 0.3) is 0 Å². The molecule has 0 bridgehead atoms. The van der Waals surface area contributed by atoms with Gasteiger partial charge in [-0.15, -0.1) is 0 Å². The summed E-state index contributed by atoms with van der Waals surface area (Å²) in [5.41, 5.74) is 0.975. The first-order valence-corrected chi connectivity index (χ1v) is 11.0. The van der Waals surface area contributed by atoms with Gasteiger partial charge in [0, 0.05) is 29.8 Å². The molecule has 1 aromatic heterocycles. The topological polar surface area (TPSA) is 77.8 Å². The van der Waals surface area contributed by atoms with E-state index < -0.39 is 22.8 Å². The average molecular weight is 427 g/mol. The van der Waals surface area contributed by atoms with Gasteiger partial charge in [-0.3, -0.25) is 4.79 Å². The quantitative estimate of drug-likeness (QED) is 0.747. The maximum absolute atomic E-state index is 15.4. The third kappa shape index (κ3) is 3.30. The second kappa shape index (κ2) is 7.39. The van der Waals surface area contributed by atoms with Crippen LogP contribution in [0.5, 0.6) is 11.5 Å². The van der Waals surface area contributed by atoms with E-state index in [0.29, 0.717) is 43.1 Å². The number of aromatic carboxylic acids is 1. The first-order chi connectivity index (χ1) is 14.9. The Bertz CT molecular complexity index is 1130. The summed E-state index contributed by atoms with van der Waals surface area (Å²) in [7, 11) is 0. The zero-order valence-electron chi connectivity index (χ0n) is 17.7. The Balaban J connectivity index is 1.69. The van der Waals surface area contributed by atoms with E-state index in [9.17, 15) is 14.7 Å². The Labute approximate surface area is 179 Å². The van der Waals surface area contributed by atoms with Crippen LogP contribution in [0.15, 0.2) is 17.1 Å². The first kappa shape index (κ1) is 20.1. The summed E-state index contributed by atoms with van der Waals surface area (Å²) in [4.78, 5) is 24.1. The highest BCUT2D eigenvalue weighted by Gasteiger charge is 2.36. The second-order valence-corrected chi connectivity index (χ2v) is 9.16. The largest absolute Gasteiger partial charge is 0.490 e. The lowest BCUT2D eigenvalue weighted by atomic mass is 9.84. The fourth-order valence-electron chi connectivity index (χ4n) is 4.84. The molecule has 1 saturated carbocycles. The number of ether oxygens (including phenoxy) is 2. The highest BCUT2D eigenvalue weighted by molar-refractivity contribution is 5.88. The highest BCUT2D eigenvalue weighted by Crippen LogP contribution is 2.49. The predicted molar refractivity (Wildman–Crippen MR) is 113 cm³/mol. The molecule has 6 nitrogen and oxygen atoms in total. The summed E-state index contributed by atoms with van der Waals surface area (Å²) in [5.74, 6) is -0.248. The normalized spacial score (nSPS) is 18.9. The Morgan fingerprint density at radius 3 is 2.84 bits per heavy atom. The fraction of sp³-hybridized carbons (Fsp3) is 0.500. The number of nitrogens with zero attached hydrogens (tertiary/aromatic N) is 1. The molecule has 1 fully saturated rings. The smallest absolute Gasteiger partial charge is 0.341 e. The van der Waals surface area contributed by atoms with Gasteiger partial charge in [0.1, 0.15) is 5.56 Å². The van der Waals surface area contributed by atoms with Gasteiger partial charge in [-0.2, -0.15) is 0 Å². The molecule has 0 saturated heterocycles. The summed E-state index contributed by atoms with van der Waals surface area (Å²) in [5, 5.41) is 9.41. The van der Waals surface area contributed by atoms with Crippen LogP contribution in [0, 0.1) is 17.7 Å². The molecule has 7 heteroatoms. The molecule has 3 heterocycles. The van der Waals surface area contributed by atoms with Crippen molar-refractivity contribution in [3.05, 3.63) is 45.0 Å². The van der Waals surface area contributed by atoms with Crippen molar-refractivity contribution in [3.63, 3.8) is 0 Å². The average Bonchev–Trinajstić information content (AvgIpc) is 3.42. The Morgan fingerprint density at radius 1 is 1.39 bits per heavy atom. The van der Waals surface area contributed by atoms with Crippen LogP contribution in [-0.2, 0) is 12.8 Å². The molecule has 3 aliphatic rings. The molecule has 164 valence electrons. The number of pyridine rings is 1. The predicted octanol–water partition coefficient (Wildman–Crippen LogP) is 4.22. The lowest BCUT2D eigenvalue weighted by Crippen LogP contribution is -2.31. The summed E-state index contributed by atoms with van der Waals surface area (Å²) in [6.45, 7) is 5.12. The van der Waals surface area contributed by atoms with Crippen molar-refractivity contribution in [3.8, 4) is 22.8 Å². The van der Waals surface area contributed by atoms with Crippen LogP contribution in [0.4, 0.5) is 4.39 Å². The Morgan fingerprint density at radius 2 is 2.16 bits per heavy atom. The zero-order valence-corrected chi connectivity index (χ0v) is 17.7. The number of carboxylic acids is 1. The summed E-state index contributed by atoms with van der Waals surface area (Å²) in [6, 6.07) is 1.76. The number of fused-ring (bicyclic) bond motifs is 5. The molecule has 2 aromatic rings. The van der Waals surface area contributed by atoms with E-state index in [2.05, 4.69) is 0 Å². The van der Waals surface area contributed by atoms with E-state index in [-0.39, 0.29) is 17.7 Å². The van der Waals surface area contributed by atoms with Crippen molar-refractivity contribution < 1.29 is 23.8 Å². The monoisotopic (exact) mass is 427 g/mol. The molecule has 0 amide bonds. The maximum atomic E-state index is 15.4. The molecular formula is C24H26FNO5. The van der Waals surface area contributed by atoms with Crippen molar-refractivity contribution in [2.24, 2.45) is 11.8 Å². The molecule has 0 spiro atoms. The number of hydrogen-bond donors (Lipinski definition) is 1. The van der Waals surface area contributed by atoms with E-state index in [0.717, 1.165) is 23.5 Å². The number of halogens is 1. The molecule has 2 aliphatic heterocycles. The van der Waals surface area contributed by atoms with Gasteiger partial charge in [-0.05, 0) is 36.3 Å². The summed E-state index contributed by atoms with van der Waals surface area (Å²) < 4.78 is 29.0. The number of carbonyl (C=O) groups is 1. The van der Waals surface area contributed by atoms with Crippen molar-refractivity contribution in [2.45, 2.75) is 52.0 Å². The van der Waals surface area contributed by atoms with E-state index in [1.807, 2.05) is 19.9 Å². The molecule has 1 aliphatic carbocycles. The van der Waals surface area contributed by atoms with Crippen LogP contribution >= 0.6 is 0 Å². The standard InChI is InChI=1S/C24H26FNO5/c1-12(2)17-9-14-10-18(30-7-5-13-3-4-13)23-15(6-8-31-23)19(14)21-20(25)22(27)16(24(28)29)11-26(17)21/h10-13,17H,3-9H2,1-2H3,(H,28,29). The Kier molecular flexibility index (Phi) is 4.79. The SMILES string of the molecule is CC(C)C1Cc2cc(OCCC3CC3)c3c(c2-c2c(F)c(=O)c(C(=O)O)cn21)CCO3. The van der Waals surface area contributed by atoms with Crippen LogP contribution in [0.25, 0.3) is 11.3 Å². The van der Waals surface area contributed by atoms with Crippen molar-refractivity contribution in [1.82, 2.24) is 4.57 Å². The van der Waals surface area contributed by atoms with Gasteiger partial charge in [-0.1, -0.05) is 26.7 Å². The highest BCUT2D eigenvalue weighted by atomic mass is 19.1. The minimum atomic E-state index is -1.42. The van der Waals surface area contributed by atoms with Gasteiger partial charge in [0.15, 0.2) is 17.3 Å². The first-order valence-electron chi connectivity index (χ1n) is 11.0. The summed E-state index contributed by atoms with van der Waals surface area (Å²) in [6.07, 6.45) is 6.05. The third-order valence-corrected chi connectivity index (χ3v) is 6.71. The molecule has 31 heavy (non-hydrogen) atoms. The van der Waals surface area contributed by atoms with Crippen molar-refractivity contribution in [2.75, 3.05) is 13.2 Å². The minimum Gasteiger partial charge on any atom is -0.490 e. The number of rotatable bonds is 6. The van der Waals surface area contributed by atoms with Gasteiger partial charge >= 0.3 is 5.97 Å². The van der Waals surface area contributed by atoms with Crippen LogP contribution in [-0.4, -0.2) is 28.9 Å². The van der Waals surface area contributed by atoms with E-state index in [1.54, 1.807) is 4.57 Å². The number of carboxylic acid groups (broad SMARTS) is 1. The molecule has 1 aromatic carbocycles. The Hall–Kier alpha value is -2.83. The molecular weight excluding hydrogens is 401 g/mol. The lowest BCUT2D eigenvalue weighted by molar-refractivity contribution is 0.0693.